The van der Waals surface area contributed by atoms with Crippen LogP contribution in [-0.2, 0) is 9.59 Å². The van der Waals surface area contributed by atoms with Gasteiger partial charge in [-0.25, -0.2) is 14.6 Å². The second-order valence-electron chi connectivity index (χ2n) is 2.10. The third-order valence-electron chi connectivity index (χ3n) is 0.975. The lowest BCUT2D eigenvalue weighted by atomic mass is 10.4. The first-order valence-electron chi connectivity index (χ1n) is 3.37. The summed E-state index contributed by atoms with van der Waals surface area (Å²) in [5.74, 6) is -2.72. The SMILES string of the molecule is Nc1cccc(N)n1.O=C(O)C(=O)O. The maximum atomic E-state index is 9.10. The van der Waals surface area contributed by atoms with Crippen LogP contribution in [0.4, 0.5) is 11.6 Å². The number of anilines is 2. The molecule has 0 aliphatic heterocycles. The Morgan fingerprint density at radius 3 is 1.57 bits per heavy atom. The molecule has 6 N–H and O–H groups in total. The third-order valence-corrected chi connectivity index (χ3v) is 0.975. The van der Waals surface area contributed by atoms with E-state index >= 15 is 0 Å². The quantitative estimate of drug-likeness (QED) is 0.409. The summed E-state index contributed by atoms with van der Waals surface area (Å²) in [7, 11) is 0. The van der Waals surface area contributed by atoms with E-state index in [1.54, 1.807) is 18.2 Å². The molecule has 1 heterocycles. The Labute approximate surface area is 79.0 Å². The van der Waals surface area contributed by atoms with Gasteiger partial charge in [0.25, 0.3) is 0 Å². The van der Waals surface area contributed by atoms with Crippen molar-refractivity contribution in [2.75, 3.05) is 11.5 Å². The number of nitrogens with two attached hydrogens (primary N) is 2. The van der Waals surface area contributed by atoms with Gasteiger partial charge in [0.15, 0.2) is 0 Å². The highest BCUT2D eigenvalue weighted by molar-refractivity contribution is 6.27. The highest BCUT2D eigenvalue weighted by Crippen LogP contribution is 1.99. The minimum absolute atomic E-state index is 0.463. The van der Waals surface area contributed by atoms with E-state index in [0.717, 1.165) is 0 Å². The molecular formula is C7H9N3O4. The Morgan fingerprint density at radius 1 is 1.07 bits per heavy atom. The number of hydrogen-bond acceptors (Lipinski definition) is 5. The van der Waals surface area contributed by atoms with Crippen LogP contribution in [0, 0.1) is 0 Å². The molecule has 0 fully saturated rings. The van der Waals surface area contributed by atoms with Crippen LogP contribution in [-0.4, -0.2) is 27.1 Å². The number of carboxylic acid groups (broad SMARTS) is 2. The largest absolute Gasteiger partial charge is 0.473 e. The highest BCUT2D eigenvalue weighted by atomic mass is 16.4. The molecule has 1 aromatic rings. The summed E-state index contributed by atoms with van der Waals surface area (Å²) in [5, 5.41) is 14.8. The van der Waals surface area contributed by atoms with Crippen molar-refractivity contribution in [2.24, 2.45) is 0 Å². The zero-order chi connectivity index (χ0) is 11.1. The summed E-state index contributed by atoms with van der Waals surface area (Å²) < 4.78 is 0. The van der Waals surface area contributed by atoms with Crippen molar-refractivity contribution in [3.8, 4) is 0 Å². The first-order valence-corrected chi connectivity index (χ1v) is 3.37. The molecule has 0 atom stereocenters. The van der Waals surface area contributed by atoms with Gasteiger partial charge in [-0.2, -0.15) is 0 Å². The number of aromatic nitrogens is 1. The Bertz CT molecular complexity index is 310. The number of aliphatic carboxylic acids is 2. The predicted molar refractivity (Wildman–Crippen MR) is 48.3 cm³/mol. The van der Waals surface area contributed by atoms with Crippen LogP contribution < -0.4 is 11.5 Å². The number of hydrogen-bond donors (Lipinski definition) is 4. The molecule has 7 heteroatoms. The standard InChI is InChI=1S/C5H7N3.C2H2O4/c6-4-2-1-3-5(7)8-4;3-1(4)2(5)6/h1-3H,(H4,6,7,8);(H,3,4)(H,5,6). The molecule has 1 rings (SSSR count). The third kappa shape index (κ3) is 5.35. The van der Waals surface area contributed by atoms with Crippen molar-refractivity contribution in [2.45, 2.75) is 0 Å². The van der Waals surface area contributed by atoms with Gasteiger partial charge in [-0.15, -0.1) is 0 Å². The van der Waals surface area contributed by atoms with Crippen LogP contribution in [0.5, 0.6) is 0 Å². The monoisotopic (exact) mass is 199 g/mol. The topological polar surface area (TPSA) is 140 Å². The lowest BCUT2D eigenvalue weighted by Gasteiger charge is -1.90. The van der Waals surface area contributed by atoms with Crippen molar-refractivity contribution in [3.63, 3.8) is 0 Å². The fraction of sp³-hybridized carbons (Fsp3) is 0. The fourth-order valence-electron chi connectivity index (χ4n) is 0.469. The molecule has 14 heavy (non-hydrogen) atoms. The van der Waals surface area contributed by atoms with Gasteiger partial charge in [0.2, 0.25) is 0 Å². The van der Waals surface area contributed by atoms with Crippen molar-refractivity contribution < 1.29 is 19.8 Å². The van der Waals surface area contributed by atoms with Crippen LogP contribution in [0.15, 0.2) is 18.2 Å². The summed E-state index contributed by atoms with van der Waals surface area (Å²) in [6, 6.07) is 5.14. The van der Waals surface area contributed by atoms with Gasteiger partial charge < -0.3 is 21.7 Å². The molecule has 76 valence electrons. The van der Waals surface area contributed by atoms with Gasteiger partial charge in [0, 0.05) is 0 Å². The van der Waals surface area contributed by atoms with Crippen molar-refractivity contribution in [1.29, 1.82) is 0 Å². The molecule has 0 amide bonds. The Balaban J connectivity index is 0.000000255. The minimum atomic E-state index is -1.82. The van der Waals surface area contributed by atoms with Gasteiger partial charge in [-0.05, 0) is 12.1 Å². The molecule has 0 saturated heterocycles. The molecule has 0 aliphatic carbocycles. The maximum absolute atomic E-state index is 9.10. The van der Waals surface area contributed by atoms with Gasteiger partial charge in [-0.1, -0.05) is 6.07 Å². The summed E-state index contributed by atoms with van der Waals surface area (Å²) in [6.07, 6.45) is 0. The smallest absolute Gasteiger partial charge is 0.414 e. The molecule has 0 radical (unpaired) electrons. The number of nitrogen functional groups attached to an aromatic ring is 2. The molecule has 0 unspecified atom stereocenters. The second kappa shape index (κ2) is 5.36. The fourth-order valence-corrected chi connectivity index (χ4v) is 0.469. The van der Waals surface area contributed by atoms with Crippen molar-refractivity contribution in [1.82, 2.24) is 4.98 Å². The molecule has 0 aromatic carbocycles. The van der Waals surface area contributed by atoms with E-state index in [4.69, 9.17) is 31.3 Å². The van der Waals surface area contributed by atoms with E-state index in [-0.39, 0.29) is 0 Å². The Kier molecular flexibility index (Phi) is 4.47. The van der Waals surface area contributed by atoms with Crippen molar-refractivity contribution in [3.05, 3.63) is 18.2 Å². The predicted octanol–water partition coefficient (Wildman–Crippen LogP) is -0.598. The molecule has 0 bridgehead atoms. The molecule has 0 spiro atoms. The number of rotatable bonds is 0. The second-order valence-corrected chi connectivity index (χ2v) is 2.10. The van der Waals surface area contributed by atoms with Crippen LogP contribution in [0.25, 0.3) is 0 Å². The van der Waals surface area contributed by atoms with Gasteiger partial charge in [0.1, 0.15) is 11.6 Å². The number of nitrogens with zero attached hydrogens (tertiary/aromatic N) is 1. The van der Waals surface area contributed by atoms with E-state index in [1.165, 1.54) is 0 Å². The average molecular weight is 199 g/mol. The van der Waals surface area contributed by atoms with Crippen molar-refractivity contribution >= 4 is 23.6 Å². The zero-order valence-electron chi connectivity index (χ0n) is 7.04. The molecule has 0 aliphatic rings. The summed E-state index contributed by atoms with van der Waals surface area (Å²) in [5.41, 5.74) is 10.5. The number of pyridine rings is 1. The molecular weight excluding hydrogens is 190 g/mol. The molecule has 1 aromatic heterocycles. The number of carbonyl (C=O) groups is 2. The lowest BCUT2D eigenvalue weighted by Crippen LogP contribution is -2.09. The van der Waals surface area contributed by atoms with Gasteiger partial charge >= 0.3 is 11.9 Å². The highest BCUT2D eigenvalue weighted by Gasteiger charge is 2.04. The van der Waals surface area contributed by atoms with Crippen LogP contribution in [0.2, 0.25) is 0 Å². The first kappa shape index (κ1) is 11.7. The van der Waals surface area contributed by atoms with Gasteiger partial charge in [-0.3, -0.25) is 0 Å². The molecule has 0 saturated carbocycles. The summed E-state index contributed by atoms with van der Waals surface area (Å²) >= 11 is 0. The van der Waals surface area contributed by atoms with E-state index in [0.29, 0.717) is 11.6 Å². The van der Waals surface area contributed by atoms with E-state index < -0.39 is 11.9 Å². The minimum Gasteiger partial charge on any atom is -0.473 e. The van der Waals surface area contributed by atoms with Crippen LogP contribution >= 0.6 is 0 Å². The van der Waals surface area contributed by atoms with E-state index in [1.807, 2.05) is 0 Å². The lowest BCUT2D eigenvalue weighted by molar-refractivity contribution is -0.159. The first-order chi connectivity index (χ1) is 6.43. The van der Waals surface area contributed by atoms with E-state index in [9.17, 15) is 0 Å². The maximum Gasteiger partial charge on any atom is 0.414 e. The zero-order valence-corrected chi connectivity index (χ0v) is 7.04. The Hall–Kier alpha value is -2.31. The number of carboxylic acids is 2. The normalized spacial score (nSPS) is 8.29. The Morgan fingerprint density at radius 2 is 1.43 bits per heavy atom. The van der Waals surface area contributed by atoms with Gasteiger partial charge in [0.05, 0.1) is 0 Å². The average Bonchev–Trinajstić information content (AvgIpc) is 2.04. The summed E-state index contributed by atoms with van der Waals surface area (Å²) in [4.78, 5) is 21.9. The van der Waals surface area contributed by atoms with E-state index in [2.05, 4.69) is 4.98 Å². The van der Waals surface area contributed by atoms with Crippen LogP contribution in [0.1, 0.15) is 0 Å². The summed E-state index contributed by atoms with van der Waals surface area (Å²) in [6.45, 7) is 0. The molecule has 7 nitrogen and oxygen atoms in total. The van der Waals surface area contributed by atoms with Crippen LogP contribution in [0.3, 0.4) is 0 Å².